The molecule has 13 nitrogen and oxygen atoms in total. The second-order valence-corrected chi connectivity index (χ2v) is 7.25. The van der Waals surface area contributed by atoms with Crippen LogP contribution in [0.25, 0.3) is 17.4 Å². The average molecular weight is 413 g/mol. The number of hydrogen-bond donors (Lipinski definition) is 5. The van der Waals surface area contributed by atoms with Gasteiger partial charge in [0.05, 0.1) is 13.2 Å². The first-order chi connectivity index (χ1) is 13.3. The van der Waals surface area contributed by atoms with Crippen molar-refractivity contribution in [3.05, 3.63) is 22.3 Å². The van der Waals surface area contributed by atoms with Gasteiger partial charge >= 0.3 is 14.1 Å². The van der Waals surface area contributed by atoms with Crippen LogP contribution < -0.4 is 16.4 Å². The predicted molar refractivity (Wildman–Crippen MR) is 95.8 cm³/mol. The largest absolute Gasteiger partial charge is 0.644 e. The van der Waals surface area contributed by atoms with Gasteiger partial charge in [-0.05, 0) is 23.5 Å². The van der Waals surface area contributed by atoms with Gasteiger partial charge in [0.2, 0.25) is 5.95 Å². The van der Waals surface area contributed by atoms with Crippen molar-refractivity contribution in [1.29, 1.82) is 0 Å². The molecule has 28 heavy (non-hydrogen) atoms. The molecule has 2 heterocycles. The molecule has 1 aliphatic rings. The van der Waals surface area contributed by atoms with E-state index in [9.17, 15) is 19.3 Å². The summed E-state index contributed by atoms with van der Waals surface area (Å²) in [6.45, 7) is 0.931. The molecule has 0 aliphatic heterocycles. The molecule has 1 unspecified atom stereocenters. The number of nitrogens with one attached hydrogen (secondary N) is 2. The number of carboxylic acids is 1. The Hall–Kier alpha value is -2.70. The van der Waals surface area contributed by atoms with Gasteiger partial charge in [-0.25, -0.2) is 4.98 Å². The third-order valence-electron chi connectivity index (χ3n) is 4.26. The maximum absolute atomic E-state index is 11.8. The van der Waals surface area contributed by atoms with E-state index in [0.29, 0.717) is 6.42 Å². The Morgan fingerprint density at radius 3 is 3.07 bits per heavy atom. The number of nitrogens with two attached hydrogens (primary N) is 1. The van der Waals surface area contributed by atoms with Crippen molar-refractivity contribution >= 4 is 37.5 Å². The van der Waals surface area contributed by atoms with Crippen LogP contribution in [-0.2, 0) is 18.9 Å². The zero-order valence-electron chi connectivity index (χ0n) is 14.7. The first-order valence-electron chi connectivity index (χ1n) is 8.06. The van der Waals surface area contributed by atoms with Crippen LogP contribution in [0.2, 0.25) is 0 Å². The van der Waals surface area contributed by atoms with Crippen molar-refractivity contribution in [2.45, 2.75) is 19.4 Å². The number of carbonyl (C=O) groups is 1. The molecular formula is C14H18N6O7P+. The summed E-state index contributed by atoms with van der Waals surface area (Å²) in [6, 6.07) is -1.08. The molecule has 2 aromatic heterocycles. The summed E-state index contributed by atoms with van der Waals surface area (Å²) in [7, 11) is -2.55. The second-order valence-electron chi connectivity index (χ2n) is 6.33. The van der Waals surface area contributed by atoms with Gasteiger partial charge in [-0.1, -0.05) is 5.09 Å². The smallest absolute Gasteiger partial charge is 0.480 e. The second kappa shape index (κ2) is 7.73. The van der Waals surface area contributed by atoms with E-state index in [-0.39, 0.29) is 30.3 Å². The Morgan fingerprint density at radius 2 is 2.39 bits per heavy atom. The van der Waals surface area contributed by atoms with E-state index in [2.05, 4.69) is 24.7 Å². The predicted octanol–water partition coefficient (Wildman–Crippen LogP) is -0.407. The lowest BCUT2D eigenvalue weighted by atomic mass is 10.1. The highest BCUT2D eigenvalue weighted by atomic mass is 31.1. The van der Waals surface area contributed by atoms with E-state index < -0.39 is 31.2 Å². The van der Waals surface area contributed by atoms with Gasteiger partial charge in [-0.3, -0.25) is 19.1 Å². The first-order valence-corrected chi connectivity index (χ1v) is 9.23. The molecule has 1 aliphatic carbocycles. The number of aromatic amines is 1. The molecule has 14 heteroatoms. The number of nitrogen functional groups attached to an aromatic ring is 1. The number of rotatable bonds is 9. The number of nitrogens with zero attached hydrogens (tertiary/aromatic N) is 3. The minimum absolute atomic E-state index is 0.0505. The van der Waals surface area contributed by atoms with Crippen LogP contribution in [0, 0.1) is 5.41 Å². The van der Waals surface area contributed by atoms with Gasteiger partial charge in [0, 0.05) is 16.3 Å². The van der Waals surface area contributed by atoms with Crippen LogP contribution in [0.4, 0.5) is 5.95 Å². The number of anilines is 1. The normalized spacial score (nSPS) is 21.8. The summed E-state index contributed by atoms with van der Waals surface area (Å²) >= 11 is 0. The lowest BCUT2D eigenvalue weighted by molar-refractivity contribution is -0.216. The number of aromatic nitrogens is 4. The Balaban J connectivity index is 1.65. The maximum atomic E-state index is 11.8. The van der Waals surface area contributed by atoms with Crippen molar-refractivity contribution in [2.75, 3.05) is 18.9 Å². The minimum Gasteiger partial charge on any atom is -0.480 e. The number of carboxylic acid groups (broad SMARTS) is 1. The molecular weight excluding hydrogens is 395 g/mol. The lowest BCUT2D eigenvalue weighted by Gasteiger charge is -2.08. The Bertz CT molecular complexity index is 1020. The summed E-state index contributed by atoms with van der Waals surface area (Å²) in [5.74, 6) is -1.24. The highest BCUT2D eigenvalue weighted by Crippen LogP contribution is 2.52. The summed E-state index contributed by atoms with van der Waals surface area (Å²) in [4.78, 5) is 37.8. The van der Waals surface area contributed by atoms with Crippen molar-refractivity contribution in [3.8, 4) is 0 Å². The number of aliphatic carboxylic acids is 1. The SMILES string of the molecule is C[C@H](N[P+](=O)OOC[C@@]1(CO)C/C1=C/n1cnc2c(=O)[nH]c(N)nc21)C(=O)O. The number of aliphatic hydroxyl groups is 1. The number of imidazole rings is 1. The van der Waals surface area contributed by atoms with E-state index in [4.69, 9.17) is 15.7 Å². The molecule has 1 fully saturated rings. The van der Waals surface area contributed by atoms with Gasteiger partial charge in [0.25, 0.3) is 5.56 Å². The van der Waals surface area contributed by atoms with Crippen LogP contribution in [0.1, 0.15) is 13.3 Å². The van der Waals surface area contributed by atoms with Crippen molar-refractivity contribution in [3.63, 3.8) is 0 Å². The first kappa shape index (κ1) is 20.0. The third kappa shape index (κ3) is 4.08. The monoisotopic (exact) mass is 413 g/mol. The zero-order chi connectivity index (χ0) is 20.5. The van der Waals surface area contributed by atoms with Gasteiger partial charge in [-0.2, -0.15) is 9.87 Å². The fraction of sp³-hybridized carbons (Fsp3) is 0.429. The Kier molecular flexibility index (Phi) is 5.54. The quantitative estimate of drug-likeness (QED) is 0.204. The van der Waals surface area contributed by atoms with Crippen molar-refractivity contribution < 1.29 is 29.1 Å². The van der Waals surface area contributed by atoms with Crippen LogP contribution in [-0.4, -0.2) is 55.0 Å². The molecule has 3 rings (SSSR count). The lowest BCUT2D eigenvalue weighted by Crippen LogP contribution is -2.29. The van der Waals surface area contributed by atoms with Gasteiger partial charge < -0.3 is 15.9 Å². The van der Waals surface area contributed by atoms with Crippen molar-refractivity contribution in [2.24, 2.45) is 5.41 Å². The summed E-state index contributed by atoms with van der Waals surface area (Å²) < 4.78 is 17.7. The molecule has 0 saturated heterocycles. The fourth-order valence-corrected chi connectivity index (χ4v) is 3.10. The number of fused-ring (bicyclic) bond motifs is 1. The molecule has 150 valence electrons. The number of aliphatic hydroxyl groups excluding tert-OH is 1. The molecule has 0 bridgehead atoms. The fourth-order valence-electron chi connectivity index (χ4n) is 2.48. The molecule has 0 spiro atoms. The Labute approximate surface area is 158 Å². The highest BCUT2D eigenvalue weighted by Gasteiger charge is 2.50. The van der Waals surface area contributed by atoms with Crippen LogP contribution in [0.15, 0.2) is 16.7 Å². The summed E-state index contributed by atoms with van der Waals surface area (Å²) in [5, 5.41) is 20.6. The summed E-state index contributed by atoms with van der Waals surface area (Å²) in [5.41, 5.74) is 5.48. The van der Waals surface area contributed by atoms with Crippen LogP contribution in [0.3, 0.4) is 0 Å². The molecule has 2 aromatic rings. The maximum Gasteiger partial charge on any atom is 0.644 e. The Morgan fingerprint density at radius 1 is 1.64 bits per heavy atom. The van der Waals surface area contributed by atoms with E-state index in [1.807, 2.05) is 0 Å². The average Bonchev–Trinajstić information content (AvgIpc) is 3.16. The van der Waals surface area contributed by atoms with Crippen molar-refractivity contribution in [1.82, 2.24) is 24.6 Å². The highest BCUT2D eigenvalue weighted by molar-refractivity contribution is 7.36. The molecule has 0 amide bonds. The van der Waals surface area contributed by atoms with E-state index in [1.165, 1.54) is 17.8 Å². The van der Waals surface area contributed by atoms with Gasteiger partial charge in [0.15, 0.2) is 11.2 Å². The molecule has 0 aromatic carbocycles. The molecule has 6 N–H and O–H groups in total. The minimum atomic E-state index is -2.55. The molecule has 0 radical (unpaired) electrons. The zero-order valence-corrected chi connectivity index (χ0v) is 15.5. The van der Waals surface area contributed by atoms with Crippen LogP contribution >= 0.6 is 8.18 Å². The van der Waals surface area contributed by atoms with Gasteiger partial charge in [-0.15, -0.1) is 0 Å². The third-order valence-corrected chi connectivity index (χ3v) is 5.10. The van der Waals surface area contributed by atoms with E-state index in [0.717, 1.165) is 5.57 Å². The molecule has 1 saturated carbocycles. The van der Waals surface area contributed by atoms with Crippen LogP contribution in [0.5, 0.6) is 0 Å². The van der Waals surface area contributed by atoms with Gasteiger partial charge in [0.1, 0.15) is 12.4 Å². The van der Waals surface area contributed by atoms with E-state index in [1.54, 1.807) is 6.20 Å². The van der Waals surface area contributed by atoms with E-state index >= 15 is 0 Å². The topological polar surface area (TPSA) is 195 Å². The molecule has 3 atom stereocenters. The number of H-pyrrole nitrogens is 1. The number of hydrogen-bond acceptors (Lipinski definition) is 9. The summed E-state index contributed by atoms with van der Waals surface area (Å²) in [6.07, 6.45) is 3.50. The standard InChI is InChI=1S/C14H17N6O7P/c1-7(12(23)24)19-28(25)27-26-5-14(4-21)2-8(14)3-20-6-16-9-10(20)17-13(15)18-11(9)22/h3,6-7,21H,2,4-5H2,1H3,(H4-,15,17,18,19,22,23,24,25)/p+1/b8-3-/t7-,14-/m0/s1.